The van der Waals surface area contributed by atoms with Crippen LogP contribution in [0.3, 0.4) is 0 Å². The van der Waals surface area contributed by atoms with Gasteiger partial charge in [-0.3, -0.25) is 4.79 Å². The van der Waals surface area contributed by atoms with Gasteiger partial charge in [-0.2, -0.15) is 0 Å². The molecule has 0 aliphatic carbocycles. The third kappa shape index (κ3) is 3.61. The molecule has 0 aliphatic heterocycles. The molecule has 21 heavy (non-hydrogen) atoms. The van der Waals surface area contributed by atoms with Gasteiger partial charge in [-0.05, 0) is 18.2 Å². The minimum absolute atomic E-state index is 0.179. The van der Waals surface area contributed by atoms with Gasteiger partial charge in [0.05, 0.1) is 5.02 Å². The standard InChI is InChI=1S/C16H15ClN2O2/c1-19(2)16(21)18-12-8-9-14(17)13(10-12)15(20)11-6-4-3-5-7-11/h3-10H,1-2H3,(H,18,21). The average Bonchev–Trinajstić information content (AvgIpc) is 2.49. The second-order valence-electron chi connectivity index (χ2n) is 4.71. The molecular weight excluding hydrogens is 288 g/mol. The summed E-state index contributed by atoms with van der Waals surface area (Å²) in [4.78, 5) is 25.5. The lowest BCUT2D eigenvalue weighted by atomic mass is 10.0. The van der Waals surface area contributed by atoms with E-state index in [0.717, 1.165) is 0 Å². The number of nitrogens with zero attached hydrogens (tertiary/aromatic N) is 1. The lowest BCUT2D eigenvalue weighted by Crippen LogP contribution is -2.27. The first-order valence-corrected chi connectivity index (χ1v) is 6.74. The topological polar surface area (TPSA) is 49.4 Å². The molecule has 0 saturated carbocycles. The number of nitrogens with one attached hydrogen (secondary N) is 1. The number of halogens is 1. The Morgan fingerprint density at radius 1 is 1.05 bits per heavy atom. The van der Waals surface area contributed by atoms with Crippen LogP contribution in [0.15, 0.2) is 48.5 Å². The molecular formula is C16H15ClN2O2. The minimum Gasteiger partial charge on any atom is -0.331 e. The first-order valence-electron chi connectivity index (χ1n) is 6.36. The molecule has 0 bridgehead atoms. The van der Waals surface area contributed by atoms with Gasteiger partial charge in [-0.15, -0.1) is 0 Å². The Morgan fingerprint density at radius 2 is 1.71 bits per heavy atom. The number of urea groups is 1. The van der Waals surface area contributed by atoms with Gasteiger partial charge in [0.1, 0.15) is 0 Å². The van der Waals surface area contributed by atoms with Crippen molar-refractivity contribution in [3.8, 4) is 0 Å². The van der Waals surface area contributed by atoms with Crippen molar-refractivity contribution < 1.29 is 9.59 Å². The number of hydrogen-bond donors (Lipinski definition) is 1. The van der Waals surface area contributed by atoms with Gasteiger partial charge in [0.25, 0.3) is 0 Å². The zero-order valence-corrected chi connectivity index (χ0v) is 12.5. The van der Waals surface area contributed by atoms with E-state index in [4.69, 9.17) is 11.6 Å². The van der Waals surface area contributed by atoms with Crippen molar-refractivity contribution in [3.63, 3.8) is 0 Å². The zero-order valence-electron chi connectivity index (χ0n) is 11.8. The summed E-state index contributed by atoms with van der Waals surface area (Å²) in [5, 5.41) is 3.04. The van der Waals surface area contributed by atoms with E-state index in [2.05, 4.69) is 5.32 Å². The van der Waals surface area contributed by atoms with Crippen molar-refractivity contribution in [1.82, 2.24) is 4.90 Å². The summed E-state index contributed by atoms with van der Waals surface area (Å²) in [5.41, 5.74) is 1.44. The first kappa shape index (κ1) is 15.1. The molecule has 1 N–H and O–H groups in total. The fourth-order valence-electron chi connectivity index (χ4n) is 1.76. The normalized spacial score (nSPS) is 10.0. The highest BCUT2D eigenvalue weighted by Crippen LogP contribution is 2.23. The number of anilines is 1. The van der Waals surface area contributed by atoms with Crippen LogP contribution in [0, 0.1) is 0 Å². The van der Waals surface area contributed by atoms with Crippen LogP contribution in [0.1, 0.15) is 15.9 Å². The van der Waals surface area contributed by atoms with Crippen LogP contribution in [0.2, 0.25) is 5.02 Å². The number of carbonyl (C=O) groups is 2. The van der Waals surface area contributed by atoms with E-state index in [0.29, 0.717) is 21.8 Å². The molecule has 2 aromatic rings. The van der Waals surface area contributed by atoms with Crippen molar-refractivity contribution in [2.45, 2.75) is 0 Å². The molecule has 0 unspecified atom stereocenters. The third-order valence-corrected chi connectivity index (χ3v) is 3.23. The lowest BCUT2D eigenvalue weighted by molar-refractivity contribution is 0.103. The van der Waals surface area contributed by atoms with E-state index in [1.807, 2.05) is 6.07 Å². The van der Waals surface area contributed by atoms with Crippen LogP contribution in [0.4, 0.5) is 10.5 Å². The third-order valence-electron chi connectivity index (χ3n) is 2.90. The van der Waals surface area contributed by atoms with E-state index < -0.39 is 0 Å². The van der Waals surface area contributed by atoms with Crippen LogP contribution in [0.5, 0.6) is 0 Å². The molecule has 0 radical (unpaired) electrons. The summed E-state index contributed by atoms with van der Waals surface area (Å²) in [5.74, 6) is -0.179. The van der Waals surface area contributed by atoms with Crippen LogP contribution in [-0.2, 0) is 0 Å². The summed E-state index contributed by atoms with van der Waals surface area (Å²) >= 11 is 6.10. The molecule has 2 aromatic carbocycles. The van der Waals surface area contributed by atoms with Crippen molar-refractivity contribution in [1.29, 1.82) is 0 Å². The van der Waals surface area contributed by atoms with E-state index in [9.17, 15) is 9.59 Å². The Hall–Kier alpha value is -2.33. The zero-order chi connectivity index (χ0) is 15.4. The summed E-state index contributed by atoms with van der Waals surface area (Å²) in [6.45, 7) is 0. The number of amides is 2. The molecule has 0 spiro atoms. The summed E-state index contributed by atoms with van der Waals surface area (Å²) in [7, 11) is 3.28. The number of ketones is 1. The van der Waals surface area contributed by atoms with Crippen molar-refractivity contribution in [2.24, 2.45) is 0 Å². The largest absolute Gasteiger partial charge is 0.331 e. The van der Waals surface area contributed by atoms with Crippen LogP contribution in [-0.4, -0.2) is 30.8 Å². The average molecular weight is 303 g/mol. The molecule has 0 aromatic heterocycles. The predicted octanol–water partition coefficient (Wildman–Crippen LogP) is 3.66. The maximum atomic E-state index is 12.4. The molecule has 0 aliphatic rings. The molecule has 2 rings (SSSR count). The van der Waals surface area contributed by atoms with E-state index in [1.165, 1.54) is 4.90 Å². The molecule has 0 fully saturated rings. The Bertz CT molecular complexity index is 669. The molecule has 5 heteroatoms. The van der Waals surface area contributed by atoms with E-state index in [1.54, 1.807) is 56.6 Å². The molecule has 108 valence electrons. The maximum Gasteiger partial charge on any atom is 0.321 e. The Labute approximate surface area is 128 Å². The van der Waals surface area contributed by atoms with Crippen molar-refractivity contribution in [3.05, 3.63) is 64.7 Å². The van der Waals surface area contributed by atoms with Crippen LogP contribution < -0.4 is 5.32 Å². The number of benzene rings is 2. The van der Waals surface area contributed by atoms with Crippen LogP contribution >= 0.6 is 11.6 Å². The maximum absolute atomic E-state index is 12.4. The number of rotatable bonds is 3. The Morgan fingerprint density at radius 3 is 2.33 bits per heavy atom. The van der Waals surface area contributed by atoms with Gasteiger partial charge in [-0.1, -0.05) is 41.9 Å². The predicted molar refractivity (Wildman–Crippen MR) is 84.0 cm³/mol. The van der Waals surface area contributed by atoms with Gasteiger partial charge in [0, 0.05) is 30.9 Å². The fraction of sp³-hybridized carbons (Fsp3) is 0.125. The minimum atomic E-state index is -0.268. The Kier molecular flexibility index (Phi) is 4.60. The second kappa shape index (κ2) is 6.41. The first-order chi connectivity index (χ1) is 9.99. The fourth-order valence-corrected chi connectivity index (χ4v) is 1.96. The second-order valence-corrected chi connectivity index (χ2v) is 5.12. The van der Waals surface area contributed by atoms with E-state index >= 15 is 0 Å². The summed E-state index contributed by atoms with van der Waals surface area (Å²) < 4.78 is 0. The molecule has 0 heterocycles. The quantitative estimate of drug-likeness (QED) is 0.880. The molecule has 4 nitrogen and oxygen atoms in total. The van der Waals surface area contributed by atoms with Crippen LogP contribution in [0.25, 0.3) is 0 Å². The van der Waals surface area contributed by atoms with Gasteiger partial charge < -0.3 is 10.2 Å². The van der Waals surface area contributed by atoms with Gasteiger partial charge in [-0.25, -0.2) is 4.79 Å². The lowest BCUT2D eigenvalue weighted by Gasteiger charge is -2.13. The highest BCUT2D eigenvalue weighted by molar-refractivity contribution is 6.35. The van der Waals surface area contributed by atoms with Crippen molar-refractivity contribution in [2.75, 3.05) is 19.4 Å². The van der Waals surface area contributed by atoms with Gasteiger partial charge in [0.15, 0.2) is 5.78 Å². The van der Waals surface area contributed by atoms with E-state index in [-0.39, 0.29) is 11.8 Å². The smallest absolute Gasteiger partial charge is 0.321 e. The molecule has 0 saturated heterocycles. The highest BCUT2D eigenvalue weighted by atomic mass is 35.5. The molecule has 2 amide bonds. The van der Waals surface area contributed by atoms with Crippen molar-refractivity contribution >= 4 is 29.1 Å². The monoisotopic (exact) mass is 302 g/mol. The van der Waals surface area contributed by atoms with Gasteiger partial charge >= 0.3 is 6.03 Å². The summed E-state index contributed by atoms with van der Waals surface area (Å²) in [6.07, 6.45) is 0. The summed E-state index contributed by atoms with van der Waals surface area (Å²) in [6, 6.07) is 13.4. The Balaban J connectivity index is 2.32. The number of carbonyl (C=O) groups excluding carboxylic acids is 2. The van der Waals surface area contributed by atoms with Gasteiger partial charge in [0.2, 0.25) is 0 Å². The SMILES string of the molecule is CN(C)C(=O)Nc1ccc(Cl)c(C(=O)c2ccccc2)c1. The highest BCUT2D eigenvalue weighted by Gasteiger charge is 2.14. The number of hydrogen-bond acceptors (Lipinski definition) is 2. The molecule has 0 atom stereocenters.